The molecule has 0 aliphatic carbocycles. The van der Waals surface area contributed by atoms with Crippen LogP contribution in [0.4, 0.5) is 0 Å². The Bertz CT molecular complexity index is 354. The van der Waals surface area contributed by atoms with E-state index in [2.05, 4.69) is 28.8 Å². The van der Waals surface area contributed by atoms with Gasteiger partial charge in [-0.05, 0) is 25.0 Å². The molecule has 3 heterocycles. The largest absolute Gasteiger partial charge is 0.373 e. The summed E-state index contributed by atoms with van der Waals surface area (Å²) in [6, 6.07) is 4.57. The fourth-order valence-electron chi connectivity index (χ4n) is 2.43. The van der Waals surface area contributed by atoms with E-state index in [1.807, 2.05) is 11.3 Å². The van der Waals surface area contributed by atoms with E-state index in [1.54, 1.807) is 0 Å². The molecule has 0 radical (unpaired) electrons. The molecule has 4 heteroatoms. The Balaban J connectivity index is 1.59. The van der Waals surface area contributed by atoms with Crippen molar-refractivity contribution in [2.75, 3.05) is 31.2 Å². The summed E-state index contributed by atoms with van der Waals surface area (Å²) in [7, 11) is 0. The fourth-order valence-corrected chi connectivity index (χ4v) is 4.55. The summed E-state index contributed by atoms with van der Waals surface area (Å²) < 4.78 is 5.74. The fraction of sp³-hybridized carbons (Fsp3) is 0.692. The SMILES string of the molecule is c1cc([C@H]2CCCO2)sc1CN1CCSCC1. The van der Waals surface area contributed by atoms with Crippen molar-refractivity contribution in [3.63, 3.8) is 0 Å². The first-order valence-electron chi connectivity index (χ1n) is 6.42. The molecule has 1 atom stereocenters. The van der Waals surface area contributed by atoms with E-state index in [4.69, 9.17) is 4.74 Å². The molecule has 0 spiro atoms. The third-order valence-corrected chi connectivity index (χ3v) is 5.52. The van der Waals surface area contributed by atoms with Gasteiger partial charge < -0.3 is 4.74 Å². The highest BCUT2D eigenvalue weighted by atomic mass is 32.2. The number of thioether (sulfide) groups is 1. The van der Waals surface area contributed by atoms with Crippen LogP contribution < -0.4 is 0 Å². The van der Waals surface area contributed by atoms with Crippen LogP contribution in [0.1, 0.15) is 28.7 Å². The molecule has 0 unspecified atom stereocenters. The van der Waals surface area contributed by atoms with Gasteiger partial charge in [0, 0.05) is 47.5 Å². The summed E-state index contributed by atoms with van der Waals surface area (Å²) in [4.78, 5) is 5.51. The summed E-state index contributed by atoms with van der Waals surface area (Å²) in [5.74, 6) is 2.59. The third-order valence-electron chi connectivity index (χ3n) is 3.41. The van der Waals surface area contributed by atoms with E-state index in [9.17, 15) is 0 Å². The van der Waals surface area contributed by atoms with E-state index in [0.717, 1.165) is 13.2 Å². The predicted molar refractivity (Wildman–Crippen MR) is 74.8 cm³/mol. The second-order valence-electron chi connectivity index (χ2n) is 4.69. The molecule has 0 amide bonds. The highest BCUT2D eigenvalue weighted by Gasteiger charge is 2.20. The van der Waals surface area contributed by atoms with Crippen molar-refractivity contribution < 1.29 is 4.74 Å². The summed E-state index contributed by atoms with van der Waals surface area (Å²) in [6.45, 7) is 4.58. The zero-order valence-electron chi connectivity index (χ0n) is 10.1. The average molecular weight is 269 g/mol. The Labute approximate surface area is 111 Å². The number of thiophene rings is 1. The maximum absolute atomic E-state index is 5.74. The molecule has 2 aliphatic rings. The Morgan fingerprint density at radius 2 is 2.18 bits per heavy atom. The molecule has 1 aromatic heterocycles. The van der Waals surface area contributed by atoms with Crippen molar-refractivity contribution in [3.8, 4) is 0 Å². The number of hydrogen-bond donors (Lipinski definition) is 0. The van der Waals surface area contributed by atoms with Gasteiger partial charge in [-0.15, -0.1) is 11.3 Å². The maximum atomic E-state index is 5.74. The number of hydrogen-bond acceptors (Lipinski definition) is 4. The Morgan fingerprint density at radius 3 is 2.94 bits per heavy atom. The molecule has 0 bridgehead atoms. The maximum Gasteiger partial charge on any atom is 0.0917 e. The van der Waals surface area contributed by atoms with E-state index in [1.165, 1.54) is 47.2 Å². The van der Waals surface area contributed by atoms with Crippen LogP contribution in [0.3, 0.4) is 0 Å². The molecule has 2 aliphatic heterocycles. The highest BCUT2D eigenvalue weighted by molar-refractivity contribution is 7.99. The minimum absolute atomic E-state index is 0.394. The van der Waals surface area contributed by atoms with Gasteiger partial charge in [-0.25, -0.2) is 0 Å². The Morgan fingerprint density at radius 1 is 1.29 bits per heavy atom. The lowest BCUT2D eigenvalue weighted by atomic mass is 10.2. The molecular weight excluding hydrogens is 250 g/mol. The minimum Gasteiger partial charge on any atom is -0.373 e. The van der Waals surface area contributed by atoms with E-state index in [-0.39, 0.29) is 0 Å². The van der Waals surface area contributed by atoms with Crippen LogP contribution in [-0.4, -0.2) is 36.1 Å². The molecule has 1 aromatic rings. The summed E-state index contributed by atoms with van der Waals surface area (Å²) in [5, 5.41) is 0. The van der Waals surface area contributed by atoms with Crippen LogP contribution in [0.15, 0.2) is 12.1 Å². The van der Waals surface area contributed by atoms with Crippen molar-refractivity contribution in [1.82, 2.24) is 4.90 Å². The van der Waals surface area contributed by atoms with Crippen molar-refractivity contribution in [3.05, 3.63) is 21.9 Å². The van der Waals surface area contributed by atoms with Crippen LogP contribution in [0.5, 0.6) is 0 Å². The van der Waals surface area contributed by atoms with Gasteiger partial charge in [0.1, 0.15) is 0 Å². The van der Waals surface area contributed by atoms with Gasteiger partial charge >= 0.3 is 0 Å². The highest BCUT2D eigenvalue weighted by Crippen LogP contribution is 2.33. The topological polar surface area (TPSA) is 12.5 Å². The first-order chi connectivity index (χ1) is 8.42. The Kier molecular flexibility index (Phi) is 4.06. The van der Waals surface area contributed by atoms with Crippen molar-refractivity contribution >= 4 is 23.1 Å². The van der Waals surface area contributed by atoms with E-state index >= 15 is 0 Å². The Hall–Kier alpha value is -0.0300. The molecule has 0 N–H and O–H groups in total. The quantitative estimate of drug-likeness (QED) is 0.836. The number of ether oxygens (including phenoxy) is 1. The van der Waals surface area contributed by atoms with Gasteiger partial charge in [0.15, 0.2) is 0 Å². The smallest absolute Gasteiger partial charge is 0.0917 e. The minimum atomic E-state index is 0.394. The van der Waals surface area contributed by atoms with Gasteiger partial charge in [0.25, 0.3) is 0 Å². The molecule has 94 valence electrons. The van der Waals surface area contributed by atoms with Crippen LogP contribution in [0.25, 0.3) is 0 Å². The summed E-state index contributed by atoms with van der Waals surface area (Å²) >= 11 is 4.03. The van der Waals surface area contributed by atoms with E-state index in [0.29, 0.717) is 6.10 Å². The van der Waals surface area contributed by atoms with Gasteiger partial charge in [-0.3, -0.25) is 4.90 Å². The van der Waals surface area contributed by atoms with Crippen molar-refractivity contribution in [2.24, 2.45) is 0 Å². The zero-order chi connectivity index (χ0) is 11.5. The first-order valence-corrected chi connectivity index (χ1v) is 8.39. The average Bonchev–Trinajstić information content (AvgIpc) is 3.00. The van der Waals surface area contributed by atoms with Crippen LogP contribution in [-0.2, 0) is 11.3 Å². The number of nitrogens with zero attached hydrogens (tertiary/aromatic N) is 1. The van der Waals surface area contributed by atoms with Gasteiger partial charge in [-0.1, -0.05) is 0 Å². The van der Waals surface area contributed by atoms with Crippen LogP contribution >= 0.6 is 23.1 Å². The number of rotatable bonds is 3. The lowest BCUT2D eigenvalue weighted by Gasteiger charge is -2.25. The molecule has 3 rings (SSSR count). The standard InChI is InChI=1S/C13H19NOS2/c1-2-12(15-7-1)13-4-3-11(17-13)10-14-5-8-16-9-6-14/h3-4,12H,1-2,5-10H2/t12-/m1/s1. The van der Waals surface area contributed by atoms with Crippen molar-refractivity contribution in [2.45, 2.75) is 25.5 Å². The molecule has 0 aromatic carbocycles. The molecule has 0 saturated carbocycles. The summed E-state index contributed by atoms with van der Waals surface area (Å²) in [5.41, 5.74) is 0. The van der Waals surface area contributed by atoms with Gasteiger partial charge in [0.05, 0.1) is 6.10 Å². The summed E-state index contributed by atoms with van der Waals surface area (Å²) in [6.07, 6.45) is 2.83. The second kappa shape index (κ2) is 5.74. The first kappa shape index (κ1) is 12.0. The van der Waals surface area contributed by atoms with E-state index < -0.39 is 0 Å². The molecule has 2 fully saturated rings. The molecular formula is C13H19NOS2. The predicted octanol–water partition coefficient (Wildman–Crippen LogP) is 3.15. The molecule has 2 saturated heterocycles. The third kappa shape index (κ3) is 3.05. The zero-order valence-corrected chi connectivity index (χ0v) is 11.7. The van der Waals surface area contributed by atoms with Crippen molar-refractivity contribution in [1.29, 1.82) is 0 Å². The normalized spacial score (nSPS) is 26.5. The molecule has 2 nitrogen and oxygen atoms in total. The van der Waals surface area contributed by atoms with Gasteiger partial charge in [-0.2, -0.15) is 11.8 Å². The molecule has 17 heavy (non-hydrogen) atoms. The van der Waals surface area contributed by atoms with Gasteiger partial charge in [0.2, 0.25) is 0 Å². The lowest BCUT2D eigenvalue weighted by Crippen LogP contribution is -2.31. The van der Waals surface area contributed by atoms with Crippen LogP contribution in [0, 0.1) is 0 Å². The van der Waals surface area contributed by atoms with Crippen LogP contribution in [0.2, 0.25) is 0 Å². The monoisotopic (exact) mass is 269 g/mol. The lowest BCUT2D eigenvalue weighted by molar-refractivity contribution is 0.114. The second-order valence-corrected chi connectivity index (χ2v) is 7.12.